The van der Waals surface area contributed by atoms with Crippen molar-refractivity contribution < 1.29 is 19.1 Å². The summed E-state index contributed by atoms with van der Waals surface area (Å²) in [7, 11) is 1.33. The zero-order valence-corrected chi connectivity index (χ0v) is 14.4. The minimum Gasteiger partial charge on any atom is -0.465 e. The second kappa shape index (κ2) is 8.39. The zero-order valence-electron chi connectivity index (χ0n) is 14.4. The first-order valence-electron chi connectivity index (χ1n) is 8.34. The lowest BCUT2D eigenvalue weighted by atomic mass is 10.2. The summed E-state index contributed by atoms with van der Waals surface area (Å²) in [6.07, 6.45) is 3.57. The van der Waals surface area contributed by atoms with Gasteiger partial charge in [0, 0.05) is 25.0 Å². The molecule has 0 spiro atoms. The van der Waals surface area contributed by atoms with E-state index in [-0.39, 0.29) is 17.7 Å². The molecule has 0 aliphatic carbocycles. The van der Waals surface area contributed by atoms with Gasteiger partial charge in [0.15, 0.2) is 0 Å². The van der Waals surface area contributed by atoms with Crippen molar-refractivity contribution in [2.24, 2.45) is 0 Å². The average molecular weight is 356 g/mol. The minimum absolute atomic E-state index is 0.0757. The van der Waals surface area contributed by atoms with Crippen LogP contribution in [0.3, 0.4) is 0 Å². The van der Waals surface area contributed by atoms with Gasteiger partial charge in [0.05, 0.1) is 18.8 Å². The van der Waals surface area contributed by atoms with E-state index in [0.29, 0.717) is 23.7 Å². The molecule has 1 aromatic heterocycles. The van der Waals surface area contributed by atoms with E-state index < -0.39 is 5.97 Å². The van der Waals surface area contributed by atoms with Crippen LogP contribution < -0.4 is 10.6 Å². The van der Waals surface area contributed by atoms with E-state index in [2.05, 4.69) is 25.3 Å². The van der Waals surface area contributed by atoms with E-state index in [1.165, 1.54) is 13.3 Å². The van der Waals surface area contributed by atoms with Crippen LogP contribution in [0.5, 0.6) is 0 Å². The molecule has 2 aromatic rings. The van der Waals surface area contributed by atoms with Crippen LogP contribution >= 0.6 is 0 Å². The van der Waals surface area contributed by atoms with Crippen LogP contribution in [0.1, 0.15) is 33.7 Å². The fourth-order valence-electron chi connectivity index (χ4n) is 2.58. The summed E-state index contributed by atoms with van der Waals surface area (Å²) in [5.74, 6) is -0.384. The number of esters is 1. The van der Waals surface area contributed by atoms with E-state index in [9.17, 15) is 9.59 Å². The van der Waals surface area contributed by atoms with Gasteiger partial charge < -0.3 is 20.1 Å². The van der Waals surface area contributed by atoms with E-state index in [1.807, 2.05) is 0 Å². The summed E-state index contributed by atoms with van der Waals surface area (Å²) in [6, 6.07) is 8.23. The van der Waals surface area contributed by atoms with Gasteiger partial charge in [-0.15, -0.1) is 0 Å². The Hall–Kier alpha value is -3.00. The molecule has 1 fully saturated rings. The van der Waals surface area contributed by atoms with E-state index in [0.717, 1.165) is 19.4 Å². The summed E-state index contributed by atoms with van der Waals surface area (Å²) in [5.41, 5.74) is 1.41. The van der Waals surface area contributed by atoms with E-state index in [4.69, 9.17) is 4.74 Å². The van der Waals surface area contributed by atoms with Crippen molar-refractivity contribution in [2.45, 2.75) is 18.9 Å². The molecule has 2 heterocycles. The summed E-state index contributed by atoms with van der Waals surface area (Å²) >= 11 is 0. The van der Waals surface area contributed by atoms with Gasteiger partial charge in [0.1, 0.15) is 5.69 Å². The topological polar surface area (TPSA) is 102 Å². The van der Waals surface area contributed by atoms with Crippen LogP contribution in [-0.2, 0) is 9.47 Å². The summed E-state index contributed by atoms with van der Waals surface area (Å²) < 4.78 is 10.1. The van der Waals surface area contributed by atoms with Gasteiger partial charge in [0.25, 0.3) is 5.91 Å². The first kappa shape index (κ1) is 17.8. The Morgan fingerprint density at radius 1 is 1.27 bits per heavy atom. The largest absolute Gasteiger partial charge is 0.465 e. The molecule has 3 rings (SSSR count). The maximum Gasteiger partial charge on any atom is 0.337 e. The molecule has 8 heteroatoms. The number of aromatic nitrogens is 2. The standard InChI is InChI=1S/C18H20N4O4/c1-25-17(24)12-4-6-13(7-5-12)21-18-19-9-8-15(22-18)16(23)20-11-14-3-2-10-26-14/h4-9,14H,2-3,10-11H2,1H3,(H,20,23)(H,19,21,22). The molecule has 0 bridgehead atoms. The predicted molar refractivity (Wildman–Crippen MR) is 94.4 cm³/mol. The molecule has 1 aliphatic rings. The van der Waals surface area contributed by atoms with Crippen molar-refractivity contribution >= 4 is 23.5 Å². The molecule has 1 aromatic carbocycles. The number of rotatable bonds is 6. The van der Waals surface area contributed by atoms with E-state index >= 15 is 0 Å². The average Bonchev–Trinajstić information content (AvgIpc) is 3.20. The van der Waals surface area contributed by atoms with Crippen LogP contribution in [0, 0.1) is 0 Å². The summed E-state index contributed by atoms with van der Waals surface area (Å²) in [5, 5.41) is 5.83. The van der Waals surface area contributed by atoms with Gasteiger partial charge in [-0.3, -0.25) is 4.79 Å². The van der Waals surface area contributed by atoms with Crippen molar-refractivity contribution in [3.05, 3.63) is 47.8 Å². The van der Waals surface area contributed by atoms with Crippen LogP contribution in [-0.4, -0.2) is 48.2 Å². The highest BCUT2D eigenvalue weighted by Crippen LogP contribution is 2.15. The fourth-order valence-corrected chi connectivity index (χ4v) is 2.58. The number of carbonyl (C=O) groups is 2. The molecule has 1 aliphatic heterocycles. The number of nitrogens with one attached hydrogen (secondary N) is 2. The van der Waals surface area contributed by atoms with Crippen molar-refractivity contribution in [1.82, 2.24) is 15.3 Å². The second-order valence-electron chi connectivity index (χ2n) is 5.80. The van der Waals surface area contributed by atoms with Crippen LogP contribution in [0.25, 0.3) is 0 Å². The third kappa shape index (κ3) is 4.54. The molecule has 1 saturated heterocycles. The van der Waals surface area contributed by atoms with Crippen molar-refractivity contribution in [3.8, 4) is 0 Å². The third-order valence-electron chi connectivity index (χ3n) is 3.96. The van der Waals surface area contributed by atoms with Gasteiger partial charge in [-0.1, -0.05) is 0 Å². The molecule has 1 atom stereocenters. The van der Waals surface area contributed by atoms with Gasteiger partial charge >= 0.3 is 5.97 Å². The maximum atomic E-state index is 12.2. The van der Waals surface area contributed by atoms with Crippen molar-refractivity contribution in [1.29, 1.82) is 0 Å². The van der Waals surface area contributed by atoms with Gasteiger partial charge in [-0.25, -0.2) is 14.8 Å². The number of ether oxygens (including phenoxy) is 2. The van der Waals surface area contributed by atoms with Crippen LogP contribution in [0.4, 0.5) is 11.6 Å². The number of amides is 1. The molecule has 1 unspecified atom stereocenters. The second-order valence-corrected chi connectivity index (χ2v) is 5.80. The van der Waals surface area contributed by atoms with Gasteiger partial charge in [-0.2, -0.15) is 0 Å². The number of carbonyl (C=O) groups excluding carboxylic acids is 2. The molecule has 0 saturated carbocycles. The zero-order chi connectivity index (χ0) is 18.4. The Labute approximate surface area is 150 Å². The van der Waals surface area contributed by atoms with Crippen LogP contribution in [0.2, 0.25) is 0 Å². The number of benzene rings is 1. The monoisotopic (exact) mass is 356 g/mol. The highest BCUT2D eigenvalue weighted by molar-refractivity contribution is 5.92. The minimum atomic E-state index is -0.405. The number of nitrogens with zero attached hydrogens (tertiary/aromatic N) is 2. The number of hydrogen-bond acceptors (Lipinski definition) is 7. The Morgan fingerprint density at radius 2 is 2.08 bits per heavy atom. The molecule has 8 nitrogen and oxygen atoms in total. The number of methoxy groups -OCH3 is 1. The van der Waals surface area contributed by atoms with Crippen molar-refractivity contribution in [3.63, 3.8) is 0 Å². The lowest BCUT2D eigenvalue weighted by Crippen LogP contribution is -2.32. The number of hydrogen-bond donors (Lipinski definition) is 2. The predicted octanol–water partition coefficient (Wildman–Crippen LogP) is 1.92. The quantitative estimate of drug-likeness (QED) is 0.762. The molecule has 136 valence electrons. The summed E-state index contributed by atoms with van der Waals surface area (Å²) in [6.45, 7) is 1.22. The lowest BCUT2D eigenvalue weighted by molar-refractivity contribution is 0.0600. The molecule has 2 N–H and O–H groups in total. The Kier molecular flexibility index (Phi) is 5.75. The lowest BCUT2D eigenvalue weighted by Gasteiger charge is -2.11. The molecule has 1 amide bonds. The summed E-state index contributed by atoms with van der Waals surface area (Å²) in [4.78, 5) is 32.0. The SMILES string of the molecule is COC(=O)c1ccc(Nc2nccc(C(=O)NCC3CCCO3)n2)cc1. The van der Waals surface area contributed by atoms with Gasteiger partial charge in [-0.05, 0) is 43.2 Å². The molecular weight excluding hydrogens is 336 g/mol. The normalized spacial score (nSPS) is 16.1. The Balaban J connectivity index is 1.61. The smallest absolute Gasteiger partial charge is 0.337 e. The van der Waals surface area contributed by atoms with Crippen molar-refractivity contribution in [2.75, 3.05) is 25.6 Å². The van der Waals surface area contributed by atoms with E-state index in [1.54, 1.807) is 30.3 Å². The molecule has 26 heavy (non-hydrogen) atoms. The Bertz CT molecular complexity index is 773. The third-order valence-corrected chi connectivity index (χ3v) is 3.96. The first-order chi connectivity index (χ1) is 12.7. The Morgan fingerprint density at radius 3 is 2.77 bits per heavy atom. The molecular formula is C18H20N4O4. The first-order valence-corrected chi connectivity index (χ1v) is 8.34. The number of anilines is 2. The van der Waals surface area contributed by atoms with Crippen LogP contribution in [0.15, 0.2) is 36.5 Å². The van der Waals surface area contributed by atoms with Gasteiger partial charge in [0.2, 0.25) is 5.95 Å². The maximum absolute atomic E-state index is 12.2. The highest BCUT2D eigenvalue weighted by Gasteiger charge is 2.17. The highest BCUT2D eigenvalue weighted by atomic mass is 16.5. The fraction of sp³-hybridized carbons (Fsp3) is 0.333. The molecule has 0 radical (unpaired) electrons.